The van der Waals surface area contributed by atoms with E-state index in [0.717, 1.165) is 16.7 Å². The number of ether oxygens (including phenoxy) is 2. The Hall–Kier alpha value is -3.09. The molecule has 0 radical (unpaired) electrons. The summed E-state index contributed by atoms with van der Waals surface area (Å²) >= 11 is 0. The van der Waals surface area contributed by atoms with Gasteiger partial charge in [-0.05, 0) is 67.6 Å². The summed E-state index contributed by atoms with van der Waals surface area (Å²) in [5.41, 5.74) is 3.20. The van der Waals surface area contributed by atoms with Crippen molar-refractivity contribution in [2.45, 2.75) is 52.4 Å². The van der Waals surface area contributed by atoms with Gasteiger partial charge in [-0.3, -0.25) is 4.79 Å². The molecule has 9 heteroatoms. The van der Waals surface area contributed by atoms with Crippen LogP contribution >= 0.6 is 0 Å². The van der Waals surface area contributed by atoms with Gasteiger partial charge in [0, 0.05) is 13.1 Å². The maximum Gasteiger partial charge on any atom is 0.304 e. The maximum absolute atomic E-state index is 12.5. The normalized spacial score (nSPS) is 14.2. The maximum atomic E-state index is 12.5. The van der Waals surface area contributed by atoms with Crippen LogP contribution in [0.3, 0.4) is 0 Å². The summed E-state index contributed by atoms with van der Waals surface area (Å²) in [5, 5.41) is 18.2. The number of nitriles is 1. The summed E-state index contributed by atoms with van der Waals surface area (Å²) in [5.74, 6) is -0.314. The molecule has 0 saturated carbocycles. The number of carbonyl (C=O) groups is 1. The Morgan fingerprint density at radius 3 is 2.70 bits per heavy atom. The quantitative estimate of drug-likeness (QED) is 0.594. The molecule has 1 aliphatic heterocycles. The first-order valence-electron chi connectivity index (χ1n) is 10.8. The summed E-state index contributed by atoms with van der Waals surface area (Å²) < 4.78 is 38.0. The smallest absolute Gasteiger partial charge is 0.304 e. The van der Waals surface area contributed by atoms with Crippen LogP contribution in [-0.2, 0) is 34.4 Å². The van der Waals surface area contributed by atoms with E-state index >= 15 is 0 Å². The van der Waals surface area contributed by atoms with Crippen molar-refractivity contribution >= 4 is 16.0 Å². The Kier molecular flexibility index (Phi) is 7.95. The van der Waals surface area contributed by atoms with Gasteiger partial charge in [-0.2, -0.15) is 9.57 Å². The fraction of sp³-hybridized carbons (Fsp3) is 0.417. The summed E-state index contributed by atoms with van der Waals surface area (Å²) in [4.78, 5) is 10.8. The molecule has 0 saturated heterocycles. The van der Waals surface area contributed by atoms with Crippen LogP contribution in [0, 0.1) is 11.3 Å². The average molecular weight is 473 g/mol. The van der Waals surface area contributed by atoms with Gasteiger partial charge in [-0.25, -0.2) is 8.42 Å². The van der Waals surface area contributed by atoms with Crippen molar-refractivity contribution in [1.82, 2.24) is 4.31 Å². The van der Waals surface area contributed by atoms with Crippen LogP contribution < -0.4 is 9.47 Å². The summed E-state index contributed by atoms with van der Waals surface area (Å²) in [6.07, 6.45) is 0.918. The van der Waals surface area contributed by atoms with Gasteiger partial charge in [-0.15, -0.1) is 0 Å². The standard InChI is InChI=1S/C24H28N2O6S/c1-17(2)32-23-8-5-18(12-21(23)14-25)16-31-22-7-6-20-15-26(10-3-4-19(20)13-22)33(29,30)11-9-24(27)28/h5-8,12-13,17H,3-4,9-11,15-16H2,1-2H3,(H,27,28). The summed E-state index contributed by atoms with van der Waals surface area (Å²) in [6, 6.07) is 13.1. The second-order valence-corrected chi connectivity index (χ2v) is 10.3. The summed E-state index contributed by atoms with van der Waals surface area (Å²) in [6.45, 7) is 4.67. The van der Waals surface area contributed by atoms with Crippen LogP contribution in [0.4, 0.5) is 0 Å². The number of nitrogens with zero attached hydrogens (tertiary/aromatic N) is 2. The number of rotatable bonds is 9. The number of aryl methyl sites for hydroxylation is 1. The molecule has 33 heavy (non-hydrogen) atoms. The zero-order chi connectivity index (χ0) is 24.0. The van der Waals surface area contributed by atoms with Crippen LogP contribution in [0.5, 0.6) is 11.5 Å². The largest absolute Gasteiger partial charge is 0.490 e. The number of carboxylic acid groups (broad SMARTS) is 1. The Labute approximate surface area is 194 Å². The SMILES string of the molecule is CC(C)Oc1ccc(COc2ccc3c(c2)CCCN(S(=O)(=O)CCC(=O)O)C3)cc1C#N. The van der Waals surface area contributed by atoms with E-state index in [9.17, 15) is 18.5 Å². The van der Waals surface area contributed by atoms with E-state index in [1.165, 1.54) is 4.31 Å². The number of fused-ring (bicyclic) bond motifs is 1. The molecular weight excluding hydrogens is 444 g/mol. The first-order chi connectivity index (χ1) is 15.7. The third kappa shape index (κ3) is 6.70. The number of carboxylic acids is 1. The molecule has 0 spiro atoms. The van der Waals surface area contributed by atoms with E-state index in [1.807, 2.05) is 32.0 Å². The van der Waals surface area contributed by atoms with Crippen molar-refractivity contribution in [2.75, 3.05) is 12.3 Å². The van der Waals surface area contributed by atoms with Crippen molar-refractivity contribution in [3.63, 3.8) is 0 Å². The molecule has 1 aliphatic rings. The molecule has 1 N–H and O–H groups in total. The molecule has 1 heterocycles. The monoisotopic (exact) mass is 472 g/mol. The van der Waals surface area contributed by atoms with Crippen molar-refractivity contribution in [2.24, 2.45) is 0 Å². The highest BCUT2D eigenvalue weighted by molar-refractivity contribution is 7.89. The minimum atomic E-state index is -3.63. The number of sulfonamides is 1. The van der Waals surface area contributed by atoms with E-state index < -0.39 is 28.2 Å². The number of hydrogen-bond donors (Lipinski definition) is 1. The van der Waals surface area contributed by atoms with Gasteiger partial charge >= 0.3 is 5.97 Å². The van der Waals surface area contributed by atoms with Gasteiger partial charge in [0.2, 0.25) is 10.0 Å². The predicted molar refractivity (Wildman–Crippen MR) is 122 cm³/mol. The highest BCUT2D eigenvalue weighted by atomic mass is 32.2. The predicted octanol–water partition coefficient (Wildman–Crippen LogP) is 3.48. The van der Waals surface area contributed by atoms with Crippen molar-refractivity contribution in [3.05, 3.63) is 58.7 Å². The van der Waals surface area contributed by atoms with Crippen molar-refractivity contribution in [3.8, 4) is 17.6 Å². The third-order valence-electron chi connectivity index (χ3n) is 5.28. The lowest BCUT2D eigenvalue weighted by Gasteiger charge is -2.20. The van der Waals surface area contributed by atoms with Gasteiger partial charge in [0.25, 0.3) is 0 Å². The number of benzene rings is 2. The topological polar surface area (TPSA) is 117 Å². The van der Waals surface area contributed by atoms with E-state index in [-0.39, 0.29) is 19.3 Å². The second-order valence-electron chi connectivity index (χ2n) is 8.22. The van der Waals surface area contributed by atoms with Gasteiger partial charge in [0.15, 0.2) is 0 Å². The lowest BCUT2D eigenvalue weighted by molar-refractivity contribution is -0.136. The first-order valence-corrected chi connectivity index (χ1v) is 12.4. The summed E-state index contributed by atoms with van der Waals surface area (Å²) in [7, 11) is -3.63. The molecule has 0 bridgehead atoms. The van der Waals surface area contributed by atoms with E-state index in [0.29, 0.717) is 36.4 Å². The Morgan fingerprint density at radius 2 is 2.00 bits per heavy atom. The molecule has 3 rings (SSSR count). The first kappa shape index (κ1) is 24.6. The molecule has 0 unspecified atom stereocenters. The van der Waals surface area contributed by atoms with E-state index in [2.05, 4.69) is 6.07 Å². The fourth-order valence-corrected chi connectivity index (χ4v) is 5.09. The van der Waals surface area contributed by atoms with E-state index in [1.54, 1.807) is 18.2 Å². The van der Waals surface area contributed by atoms with E-state index in [4.69, 9.17) is 14.6 Å². The van der Waals surface area contributed by atoms with Crippen LogP contribution in [0.2, 0.25) is 0 Å². The number of hydrogen-bond acceptors (Lipinski definition) is 6. The molecule has 2 aromatic carbocycles. The Bertz CT molecular complexity index is 1150. The molecule has 8 nitrogen and oxygen atoms in total. The Morgan fingerprint density at radius 1 is 1.21 bits per heavy atom. The van der Waals surface area contributed by atoms with Crippen LogP contribution in [0.15, 0.2) is 36.4 Å². The van der Waals surface area contributed by atoms with Crippen molar-refractivity contribution in [1.29, 1.82) is 5.26 Å². The molecule has 176 valence electrons. The van der Waals surface area contributed by atoms with Crippen LogP contribution in [-0.4, -0.2) is 42.2 Å². The van der Waals surface area contributed by atoms with Crippen LogP contribution in [0.25, 0.3) is 0 Å². The molecule has 0 fully saturated rings. The van der Waals surface area contributed by atoms with Gasteiger partial charge in [0.1, 0.15) is 24.2 Å². The zero-order valence-electron chi connectivity index (χ0n) is 18.8. The van der Waals surface area contributed by atoms with Gasteiger partial charge in [-0.1, -0.05) is 12.1 Å². The highest BCUT2D eigenvalue weighted by Crippen LogP contribution is 2.27. The highest BCUT2D eigenvalue weighted by Gasteiger charge is 2.26. The zero-order valence-corrected chi connectivity index (χ0v) is 19.6. The fourth-order valence-electron chi connectivity index (χ4n) is 3.65. The number of aliphatic carboxylic acids is 1. The molecule has 2 aromatic rings. The molecule has 0 atom stereocenters. The molecule has 0 aromatic heterocycles. The minimum absolute atomic E-state index is 0.0261. The molecule has 0 amide bonds. The second kappa shape index (κ2) is 10.7. The average Bonchev–Trinajstić information content (AvgIpc) is 2.99. The third-order valence-corrected chi connectivity index (χ3v) is 7.10. The Balaban J connectivity index is 1.68. The molecule has 0 aliphatic carbocycles. The lowest BCUT2D eigenvalue weighted by atomic mass is 10.0. The molecular formula is C24H28N2O6S. The van der Waals surface area contributed by atoms with Crippen LogP contribution in [0.1, 0.15) is 48.9 Å². The van der Waals surface area contributed by atoms with Gasteiger partial charge < -0.3 is 14.6 Å². The van der Waals surface area contributed by atoms with Crippen molar-refractivity contribution < 1.29 is 27.8 Å². The minimum Gasteiger partial charge on any atom is -0.490 e. The lowest BCUT2D eigenvalue weighted by Crippen LogP contribution is -2.33. The van der Waals surface area contributed by atoms with Gasteiger partial charge in [0.05, 0.1) is 23.8 Å².